The van der Waals surface area contributed by atoms with E-state index in [-0.39, 0.29) is 17.2 Å². The molecule has 3 heterocycles. The van der Waals surface area contributed by atoms with E-state index in [9.17, 15) is 15.0 Å². The number of carboxylic acid groups (broad SMARTS) is 1. The molecule has 4 rings (SSSR count). The van der Waals surface area contributed by atoms with Crippen LogP contribution in [0.25, 0.3) is 10.9 Å². The third-order valence-electron chi connectivity index (χ3n) is 6.28. The molecule has 1 amide bonds. The van der Waals surface area contributed by atoms with Crippen LogP contribution in [-0.2, 0) is 0 Å². The normalized spacial score (nSPS) is 19.9. The molecule has 1 atom stereocenters. The molecule has 0 bridgehead atoms. The number of anilines is 2. The molecule has 1 aromatic carbocycles. The number of phenols is 1. The summed E-state index contributed by atoms with van der Waals surface area (Å²) in [6, 6.07) is 3.20. The minimum absolute atomic E-state index is 0.0373. The molecule has 1 unspecified atom stereocenters. The van der Waals surface area contributed by atoms with Crippen LogP contribution in [0.2, 0.25) is 0 Å². The first-order valence-electron chi connectivity index (χ1n) is 10.8. The van der Waals surface area contributed by atoms with E-state index in [2.05, 4.69) is 30.6 Å². The Hall–Kier alpha value is -2.97. The van der Waals surface area contributed by atoms with Gasteiger partial charge in [0, 0.05) is 44.2 Å². The molecule has 0 saturated carbocycles. The summed E-state index contributed by atoms with van der Waals surface area (Å²) in [4.78, 5) is 27.4. The lowest BCUT2D eigenvalue weighted by atomic mass is 9.84. The second-order valence-electron chi connectivity index (χ2n) is 9.39. The molecule has 2 aromatic rings. The van der Waals surface area contributed by atoms with Crippen molar-refractivity contribution in [3.8, 4) is 11.5 Å². The van der Waals surface area contributed by atoms with Crippen molar-refractivity contribution in [1.82, 2.24) is 14.9 Å². The zero-order chi connectivity index (χ0) is 22.3. The van der Waals surface area contributed by atoms with Crippen LogP contribution in [0.4, 0.5) is 16.6 Å². The van der Waals surface area contributed by atoms with Crippen LogP contribution in [0, 0.1) is 5.41 Å². The van der Waals surface area contributed by atoms with Crippen molar-refractivity contribution in [3.05, 3.63) is 12.1 Å². The van der Waals surface area contributed by atoms with E-state index in [1.165, 1.54) is 12.0 Å². The molecular weight excluding hydrogens is 398 g/mol. The molecule has 2 saturated heterocycles. The number of aromatic nitrogens is 2. The van der Waals surface area contributed by atoms with Crippen molar-refractivity contribution >= 4 is 28.8 Å². The molecule has 2 aliphatic rings. The Balaban J connectivity index is 1.81. The molecule has 2 fully saturated rings. The van der Waals surface area contributed by atoms with Gasteiger partial charge in [-0.05, 0) is 24.3 Å². The molecule has 168 valence electrons. The number of nitrogens with zero attached hydrogens (tertiary/aromatic N) is 5. The minimum atomic E-state index is -0.892. The average molecular weight is 430 g/mol. The van der Waals surface area contributed by atoms with Crippen molar-refractivity contribution in [2.24, 2.45) is 5.41 Å². The SMILES string of the molecule is COc1cc2c(N3CCN(C(=O)O)C(C(C)(C)C)C3)nc(N3CCCC3)nc2cc1O. The van der Waals surface area contributed by atoms with Crippen molar-refractivity contribution in [2.75, 3.05) is 49.6 Å². The van der Waals surface area contributed by atoms with E-state index in [0.717, 1.165) is 37.1 Å². The van der Waals surface area contributed by atoms with E-state index in [1.54, 1.807) is 12.1 Å². The first kappa shape index (κ1) is 21.3. The molecular formula is C22H31N5O4. The van der Waals surface area contributed by atoms with Crippen molar-refractivity contribution in [1.29, 1.82) is 0 Å². The number of hydrogen-bond acceptors (Lipinski definition) is 7. The van der Waals surface area contributed by atoms with Gasteiger partial charge < -0.3 is 29.6 Å². The first-order chi connectivity index (χ1) is 14.7. The van der Waals surface area contributed by atoms with Gasteiger partial charge in [0.2, 0.25) is 5.95 Å². The number of carbonyl (C=O) groups is 1. The molecule has 2 N–H and O–H groups in total. The van der Waals surface area contributed by atoms with Crippen LogP contribution in [0.1, 0.15) is 33.6 Å². The largest absolute Gasteiger partial charge is 0.504 e. The third kappa shape index (κ3) is 4.00. The van der Waals surface area contributed by atoms with E-state index in [4.69, 9.17) is 14.7 Å². The highest BCUT2D eigenvalue weighted by Crippen LogP contribution is 2.38. The van der Waals surface area contributed by atoms with Gasteiger partial charge in [0.1, 0.15) is 5.82 Å². The Morgan fingerprint density at radius 3 is 2.42 bits per heavy atom. The van der Waals surface area contributed by atoms with Gasteiger partial charge in [-0.2, -0.15) is 4.98 Å². The van der Waals surface area contributed by atoms with Gasteiger partial charge in [0.05, 0.1) is 18.7 Å². The molecule has 0 aliphatic carbocycles. The van der Waals surface area contributed by atoms with E-state index >= 15 is 0 Å². The fraction of sp³-hybridized carbons (Fsp3) is 0.591. The standard InChI is InChI=1S/C22H31N5O4/c1-22(2,3)18-13-26(9-10-27(18)21(29)30)19-14-11-17(31-4)16(28)12-15(14)23-20(24-19)25-7-5-6-8-25/h11-12,18,28H,5-10,13H2,1-4H3,(H,29,30). The summed E-state index contributed by atoms with van der Waals surface area (Å²) in [6.07, 6.45) is 1.32. The number of amides is 1. The number of rotatable bonds is 3. The van der Waals surface area contributed by atoms with Gasteiger partial charge in [-0.3, -0.25) is 0 Å². The second-order valence-corrected chi connectivity index (χ2v) is 9.39. The highest BCUT2D eigenvalue weighted by Gasteiger charge is 2.39. The average Bonchev–Trinajstić information content (AvgIpc) is 3.26. The monoisotopic (exact) mass is 429 g/mol. The van der Waals surface area contributed by atoms with Gasteiger partial charge in [0.15, 0.2) is 11.5 Å². The van der Waals surface area contributed by atoms with Crippen LogP contribution < -0.4 is 14.5 Å². The summed E-state index contributed by atoms with van der Waals surface area (Å²) < 4.78 is 5.33. The highest BCUT2D eigenvalue weighted by molar-refractivity contribution is 5.93. The van der Waals surface area contributed by atoms with Crippen LogP contribution >= 0.6 is 0 Å². The van der Waals surface area contributed by atoms with Crippen LogP contribution in [0.15, 0.2) is 12.1 Å². The predicted octanol–water partition coefficient (Wildman–Crippen LogP) is 3.16. The van der Waals surface area contributed by atoms with E-state index in [0.29, 0.717) is 36.8 Å². The van der Waals surface area contributed by atoms with Crippen molar-refractivity contribution < 1.29 is 19.7 Å². The van der Waals surface area contributed by atoms with Gasteiger partial charge in [-0.15, -0.1) is 0 Å². The Labute approximate surface area is 182 Å². The van der Waals surface area contributed by atoms with Crippen LogP contribution in [0.5, 0.6) is 11.5 Å². The van der Waals surface area contributed by atoms with Crippen LogP contribution in [0.3, 0.4) is 0 Å². The third-order valence-corrected chi connectivity index (χ3v) is 6.28. The molecule has 1 aromatic heterocycles. The van der Waals surface area contributed by atoms with Gasteiger partial charge in [-0.1, -0.05) is 20.8 Å². The topological polar surface area (TPSA) is 102 Å². The summed E-state index contributed by atoms with van der Waals surface area (Å²) in [6.45, 7) is 9.47. The van der Waals surface area contributed by atoms with Gasteiger partial charge in [0.25, 0.3) is 0 Å². The maximum Gasteiger partial charge on any atom is 0.407 e. The fourth-order valence-corrected chi connectivity index (χ4v) is 4.53. The first-order valence-corrected chi connectivity index (χ1v) is 10.8. The highest BCUT2D eigenvalue weighted by atomic mass is 16.5. The number of methoxy groups -OCH3 is 1. The van der Waals surface area contributed by atoms with Gasteiger partial charge >= 0.3 is 6.09 Å². The Bertz CT molecular complexity index is 984. The quantitative estimate of drug-likeness (QED) is 0.767. The molecule has 9 heteroatoms. The summed E-state index contributed by atoms with van der Waals surface area (Å²) in [7, 11) is 1.52. The fourth-order valence-electron chi connectivity index (χ4n) is 4.53. The maximum atomic E-state index is 11.8. The number of ether oxygens (including phenoxy) is 1. The van der Waals surface area contributed by atoms with Gasteiger partial charge in [-0.25, -0.2) is 9.78 Å². The Kier molecular flexibility index (Phi) is 5.45. The molecule has 2 aliphatic heterocycles. The van der Waals surface area contributed by atoms with Crippen molar-refractivity contribution in [2.45, 2.75) is 39.7 Å². The number of benzene rings is 1. The lowest BCUT2D eigenvalue weighted by molar-refractivity contribution is 0.0747. The second kappa shape index (κ2) is 7.94. The lowest BCUT2D eigenvalue weighted by Gasteiger charge is -2.46. The van der Waals surface area contributed by atoms with E-state index in [1.807, 2.05) is 0 Å². The molecule has 9 nitrogen and oxygen atoms in total. The summed E-state index contributed by atoms with van der Waals surface area (Å²) in [5.41, 5.74) is 0.423. The zero-order valence-electron chi connectivity index (χ0n) is 18.6. The molecule has 31 heavy (non-hydrogen) atoms. The number of aromatic hydroxyl groups is 1. The number of hydrogen-bond donors (Lipinski definition) is 2. The minimum Gasteiger partial charge on any atom is -0.504 e. The number of phenolic OH excluding ortho intramolecular Hbond substituents is 1. The predicted molar refractivity (Wildman–Crippen MR) is 119 cm³/mol. The van der Waals surface area contributed by atoms with E-state index < -0.39 is 6.09 Å². The van der Waals surface area contributed by atoms with Crippen molar-refractivity contribution in [3.63, 3.8) is 0 Å². The maximum absolute atomic E-state index is 11.8. The Morgan fingerprint density at radius 2 is 1.81 bits per heavy atom. The van der Waals surface area contributed by atoms with Crippen LogP contribution in [-0.4, -0.2) is 77.0 Å². The molecule has 0 radical (unpaired) electrons. The number of fused-ring (bicyclic) bond motifs is 1. The smallest absolute Gasteiger partial charge is 0.407 e. The Morgan fingerprint density at radius 1 is 1.10 bits per heavy atom. The number of piperazine rings is 1. The zero-order valence-corrected chi connectivity index (χ0v) is 18.6. The summed E-state index contributed by atoms with van der Waals surface area (Å²) >= 11 is 0. The molecule has 0 spiro atoms. The summed E-state index contributed by atoms with van der Waals surface area (Å²) in [5, 5.41) is 20.8. The lowest BCUT2D eigenvalue weighted by Crippen LogP contribution is -2.59. The summed E-state index contributed by atoms with van der Waals surface area (Å²) in [5.74, 6) is 1.81.